The Hall–Kier alpha value is -1.51. The summed E-state index contributed by atoms with van der Waals surface area (Å²) >= 11 is 0. The number of ether oxygens (including phenoxy) is 2. The van der Waals surface area contributed by atoms with Crippen molar-refractivity contribution in [3.63, 3.8) is 0 Å². The van der Waals surface area contributed by atoms with Crippen molar-refractivity contribution in [2.45, 2.75) is 38.2 Å². The predicted octanol–water partition coefficient (Wildman–Crippen LogP) is 3.47. The van der Waals surface area contributed by atoms with E-state index in [-0.39, 0.29) is 0 Å². The average molecular weight is 260 g/mol. The lowest BCUT2D eigenvalue weighted by molar-refractivity contribution is 0.0185. The molecule has 102 valence electrons. The number of carbonyl (C=O) groups is 1. The lowest BCUT2D eigenvalue weighted by atomic mass is 9.69. The van der Waals surface area contributed by atoms with E-state index in [4.69, 9.17) is 9.47 Å². The van der Waals surface area contributed by atoms with Gasteiger partial charge in [0.15, 0.2) is 11.5 Å². The summed E-state index contributed by atoms with van der Waals surface area (Å²) in [6, 6.07) is 5.35. The SMILES string of the molecule is COc1ccc(C=O)cc1OC1CC2CCC1CC2. The summed E-state index contributed by atoms with van der Waals surface area (Å²) in [5.41, 5.74) is 0.636. The Bertz CT molecular complexity index is 461. The highest BCUT2D eigenvalue weighted by Gasteiger charge is 2.37. The van der Waals surface area contributed by atoms with Crippen LogP contribution in [0.15, 0.2) is 18.2 Å². The predicted molar refractivity (Wildman–Crippen MR) is 72.9 cm³/mol. The van der Waals surface area contributed by atoms with E-state index in [0.717, 1.165) is 18.6 Å². The van der Waals surface area contributed by atoms with Crippen molar-refractivity contribution in [2.75, 3.05) is 7.11 Å². The minimum absolute atomic E-state index is 0.295. The summed E-state index contributed by atoms with van der Waals surface area (Å²) in [5.74, 6) is 2.93. The molecule has 0 amide bonds. The van der Waals surface area contributed by atoms with Gasteiger partial charge in [0.2, 0.25) is 0 Å². The molecule has 3 saturated carbocycles. The minimum atomic E-state index is 0.295. The molecule has 0 spiro atoms. The molecule has 0 aliphatic heterocycles. The van der Waals surface area contributed by atoms with Crippen LogP contribution in [-0.2, 0) is 0 Å². The standard InChI is InChI=1S/C16H20O3/c1-18-14-7-4-12(10-17)9-16(14)19-15-8-11-2-5-13(15)6-3-11/h4,7,9-11,13,15H,2-3,5-6,8H2,1H3. The fourth-order valence-electron chi connectivity index (χ4n) is 3.48. The molecule has 3 fully saturated rings. The molecule has 1 atom stereocenters. The maximum Gasteiger partial charge on any atom is 0.162 e. The summed E-state index contributed by atoms with van der Waals surface area (Å²) in [6.07, 6.45) is 7.57. The van der Waals surface area contributed by atoms with Crippen LogP contribution in [-0.4, -0.2) is 19.5 Å². The fourth-order valence-corrected chi connectivity index (χ4v) is 3.48. The monoisotopic (exact) mass is 260 g/mol. The first-order chi connectivity index (χ1) is 9.30. The summed E-state index contributed by atoms with van der Waals surface area (Å²) < 4.78 is 11.5. The van der Waals surface area contributed by atoms with Crippen LogP contribution in [0.3, 0.4) is 0 Å². The molecule has 4 rings (SSSR count). The van der Waals surface area contributed by atoms with E-state index >= 15 is 0 Å². The van der Waals surface area contributed by atoms with Crippen molar-refractivity contribution in [1.82, 2.24) is 0 Å². The van der Waals surface area contributed by atoms with Crippen LogP contribution in [0, 0.1) is 11.8 Å². The number of hydrogen-bond acceptors (Lipinski definition) is 3. The Morgan fingerprint density at radius 1 is 1.16 bits per heavy atom. The maximum absolute atomic E-state index is 10.9. The lowest BCUT2D eigenvalue weighted by Crippen LogP contribution is -2.38. The summed E-state index contributed by atoms with van der Waals surface area (Å²) in [4.78, 5) is 10.9. The number of aldehydes is 1. The number of carbonyl (C=O) groups excluding carboxylic acids is 1. The molecule has 3 aliphatic carbocycles. The Morgan fingerprint density at radius 3 is 2.53 bits per heavy atom. The molecule has 0 heterocycles. The van der Waals surface area contributed by atoms with E-state index in [9.17, 15) is 4.79 Å². The lowest BCUT2D eigenvalue weighted by Gasteiger charge is -2.42. The first-order valence-electron chi connectivity index (χ1n) is 7.10. The Morgan fingerprint density at radius 2 is 1.95 bits per heavy atom. The van der Waals surface area contributed by atoms with E-state index in [0.29, 0.717) is 29.1 Å². The molecule has 3 aliphatic rings. The maximum atomic E-state index is 10.9. The van der Waals surface area contributed by atoms with E-state index < -0.39 is 0 Å². The molecule has 3 heteroatoms. The molecule has 0 aromatic heterocycles. The zero-order valence-corrected chi connectivity index (χ0v) is 11.3. The molecule has 1 aromatic carbocycles. The van der Waals surface area contributed by atoms with Gasteiger partial charge in [-0.25, -0.2) is 0 Å². The second-order valence-electron chi connectivity index (χ2n) is 5.70. The number of benzene rings is 1. The van der Waals surface area contributed by atoms with Gasteiger partial charge in [0.1, 0.15) is 12.4 Å². The van der Waals surface area contributed by atoms with Crippen LogP contribution >= 0.6 is 0 Å². The first kappa shape index (κ1) is 12.5. The zero-order valence-electron chi connectivity index (χ0n) is 11.3. The van der Waals surface area contributed by atoms with Gasteiger partial charge in [0, 0.05) is 5.56 Å². The largest absolute Gasteiger partial charge is 0.493 e. The Labute approximate surface area is 113 Å². The quantitative estimate of drug-likeness (QED) is 0.778. The van der Waals surface area contributed by atoms with E-state index in [1.54, 1.807) is 25.3 Å². The van der Waals surface area contributed by atoms with Gasteiger partial charge in [-0.2, -0.15) is 0 Å². The fraction of sp³-hybridized carbons (Fsp3) is 0.562. The van der Waals surface area contributed by atoms with Crippen LogP contribution in [0.25, 0.3) is 0 Å². The molecule has 19 heavy (non-hydrogen) atoms. The van der Waals surface area contributed by atoms with Gasteiger partial charge in [-0.3, -0.25) is 4.79 Å². The van der Waals surface area contributed by atoms with Crippen LogP contribution in [0.5, 0.6) is 11.5 Å². The van der Waals surface area contributed by atoms with Crippen LogP contribution in [0.1, 0.15) is 42.5 Å². The Balaban J connectivity index is 1.80. The molecule has 3 nitrogen and oxygen atoms in total. The van der Waals surface area contributed by atoms with Gasteiger partial charge in [-0.15, -0.1) is 0 Å². The zero-order chi connectivity index (χ0) is 13.2. The van der Waals surface area contributed by atoms with E-state index in [1.807, 2.05) is 0 Å². The van der Waals surface area contributed by atoms with Gasteiger partial charge in [-0.1, -0.05) is 0 Å². The van der Waals surface area contributed by atoms with Gasteiger partial charge >= 0.3 is 0 Å². The van der Waals surface area contributed by atoms with E-state index in [2.05, 4.69) is 0 Å². The van der Waals surface area contributed by atoms with E-state index in [1.165, 1.54) is 25.7 Å². The van der Waals surface area contributed by atoms with Crippen molar-refractivity contribution in [3.8, 4) is 11.5 Å². The van der Waals surface area contributed by atoms with Crippen molar-refractivity contribution < 1.29 is 14.3 Å². The number of rotatable bonds is 4. The number of methoxy groups -OCH3 is 1. The Kier molecular flexibility index (Phi) is 3.45. The van der Waals surface area contributed by atoms with Crippen molar-refractivity contribution in [3.05, 3.63) is 23.8 Å². The summed E-state index contributed by atoms with van der Waals surface area (Å²) in [5, 5.41) is 0. The van der Waals surface area contributed by atoms with Crippen molar-refractivity contribution in [2.24, 2.45) is 11.8 Å². The smallest absolute Gasteiger partial charge is 0.162 e. The van der Waals surface area contributed by atoms with Gasteiger partial charge in [0.05, 0.1) is 7.11 Å². The highest BCUT2D eigenvalue weighted by molar-refractivity contribution is 5.76. The average Bonchev–Trinajstić information content (AvgIpc) is 2.48. The molecule has 2 bridgehead atoms. The number of hydrogen-bond donors (Lipinski definition) is 0. The third kappa shape index (κ3) is 2.46. The molecule has 0 saturated heterocycles. The summed E-state index contributed by atoms with van der Waals surface area (Å²) in [6.45, 7) is 0. The molecule has 0 radical (unpaired) electrons. The summed E-state index contributed by atoms with van der Waals surface area (Å²) in [7, 11) is 1.63. The molecule has 1 aromatic rings. The normalized spacial score (nSPS) is 29.0. The van der Waals surface area contributed by atoms with Crippen LogP contribution in [0.2, 0.25) is 0 Å². The third-order valence-electron chi connectivity index (χ3n) is 4.58. The van der Waals surface area contributed by atoms with Crippen LogP contribution < -0.4 is 9.47 Å². The third-order valence-corrected chi connectivity index (χ3v) is 4.58. The topological polar surface area (TPSA) is 35.5 Å². The van der Waals surface area contributed by atoms with Gasteiger partial charge < -0.3 is 9.47 Å². The highest BCUT2D eigenvalue weighted by atomic mass is 16.5. The van der Waals surface area contributed by atoms with Gasteiger partial charge in [0.25, 0.3) is 0 Å². The van der Waals surface area contributed by atoms with Crippen LogP contribution in [0.4, 0.5) is 0 Å². The second kappa shape index (κ2) is 5.24. The first-order valence-corrected chi connectivity index (χ1v) is 7.10. The second-order valence-corrected chi connectivity index (χ2v) is 5.70. The highest BCUT2D eigenvalue weighted by Crippen LogP contribution is 2.43. The molecular weight excluding hydrogens is 240 g/mol. The molecule has 0 N–H and O–H groups in total. The molecular formula is C16H20O3. The van der Waals surface area contributed by atoms with Crippen molar-refractivity contribution >= 4 is 6.29 Å². The van der Waals surface area contributed by atoms with Gasteiger partial charge in [-0.05, 0) is 62.1 Å². The molecule has 1 unspecified atom stereocenters. The van der Waals surface area contributed by atoms with Crippen molar-refractivity contribution in [1.29, 1.82) is 0 Å². The minimum Gasteiger partial charge on any atom is -0.493 e. The number of fused-ring (bicyclic) bond motifs is 3.